The number of rotatable bonds is 4. The number of hydrogen-bond acceptors (Lipinski definition) is 3. The molecule has 0 aliphatic heterocycles. The van der Waals surface area contributed by atoms with Crippen molar-refractivity contribution in [2.24, 2.45) is 0 Å². The van der Waals surface area contributed by atoms with Gasteiger partial charge in [0.2, 0.25) is 0 Å². The van der Waals surface area contributed by atoms with Gasteiger partial charge in [0.25, 0.3) is 0 Å². The van der Waals surface area contributed by atoms with Crippen molar-refractivity contribution in [2.75, 3.05) is 6.61 Å². The molecule has 3 nitrogen and oxygen atoms in total. The van der Waals surface area contributed by atoms with Gasteiger partial charge in [-0.3, -0.25) is 0 Å². The van der Waals surface area contributed by atoms with Gasteiger partial charge < -0.3 is 9.84 Å². The number of ether oxygens (including phenoxy) is 1. The summed E-state index contributed by atoms with van der Waals surface area (Å²) in [6.07, 6.45) is 0. The average molecular weight is 262 g/mol. The van der Waals surface area contributed by atoms with Crippen LogP contribution in [-0.4, -0.2) is 23.6 Å². The van der Waals surface area contributed by atoms with Gasteiger partial charge in [0.05, 0.1) is 6.61 Å². The standard InChI is InChI=1S/C12H13F3O3/c1-3-18-10(16)12(14,15)11(2,17)8-4-6-9(13)7-5-8/h4-7,17H,3H2,1-2H3. The Morgan fingerprint density at radius 3 is 2.28 bits per heavy atom. The molecule has 0 aliphatic rings. The summed E-state index contributed by atoms with van der Waals surface area (Å²) in [6.45, 7) is 1.92. The minimum atomic E-state index is -4.12. The van der Waals surface area contributed by atoms with Crippen LogP contribution in [0.5, 0.6) is 0 Å². The van der Waals surface area contributed by atoms with E-state index in [-0.39, 0.29) is 12.2 Å². The summed E-state index contributed by atoms with van der Waals surface area (Å²) in [7, 11) is 0. The van der Waals surface area contributed by atoms with E-state index in [1.54, 1.807) is 0 Å². The third-order valence-electron chi connectivity index (χ3n) is 2.55. The van der Waals surface area contributed by atoms with Gasteiger partial charge in [-0.2, -0.15) is 8.78 Å². The third-order valence-corrected chi connectivity index (χ3v) is 2.55. The molecule has 1 rings (SSSR count). The zero-order valence-electron chi connectivity index (χ0n) is 9.91. The van der Waals surface area contributed by atoms with Crippen molar-refractivity contribution in [1.29, 1.82) is 0 Å². The molecule has 1 N–H and O–H groups in total. The number of benzene rings is 1. The second kappa shape index (κ2) is 4.97. The fourth-order valence-corrected chi connectivity index (χ4v) is 1.38. The molecule has 18 heavy (non-hydrogen) atoms. The fourth-order valence-electron chi connectivity index (χ4n) is 1.38. The van der Waals surface area contributed by atoms with Crippen LogP contribution >= 0.6 is 0 Å². The van der Waals surface area contributed by atoms with Gasteiger partial charge in [-0.25, -0.2) is 9.18 Å². The Hall–Kier alpha value is -1.56. The number of hydrogen-bond donors (Lipinski definition) is 1. The normalized spacial score (nSPS) is 15.0. The highest BCUT2D eigenvalue weighted by atomic mass is 19.3. The van der Waals surface area contributed by atoms with Gasteiger partial charge in [-0.05, 0) is 31.5 Å². The summed E-state index contributed by atoms with van der Waals surface area (Å²) < 4.78 is 44.4. The molecular formula is C12H13F3O3. The van der Waals surface area contributed by atoms with Crippen molar-refractivity contribution < 1.29 is 27.8 Å². The molecular weight excluding hydrogens is 249 g/mol. The molecule has 0 amide bonds. The van der Waals surface area contributed by atoms with E-state index in [4.69, 9.17) is 0 Å². The molecule has 100 valence electrons. The highest BCUT2D eigenvalue weighted by Crippen LogP contribution is 2.38. The van der Waals surface area contributed by atoms with Gasteiger partial charge in [-0.1, -0.05) is 12.1 Å². The van der Waals surface area contributed by atoms with Crippen LogP contribution in [0.15, 0.2) is 24.3 Å². The molecule has 0 spiro atoms. The van der Waals surface area contributed by atoms with Crippen molar-refractivity contribution in [3.05, 3.63) is 35.6 Å². The maximum absolute atomic E-state index is 13.8. The van der Waals surface area contributed by atoms with Crippen LogP contribution in [0.2, 0.25) is 0 Å². The monoisotopic (exact) mass is 262 g/mol. The summed E-state index contributed by atoms with van der Waals surface area (Å²) in [4.78, 5) is 11.1. The van der Waals surface area contributed by atoms with Gasteiger partial charge in [-0.15, -0.1) is 0 Å². The highest BCUT2D eigenvalue weighted by molar-refractivity contribution is 5.79. The molecule has 1 aromatic rings. The van der Waals surface area contributed by atoms with Crippen LogP contribution in [0, 0.1) is 5.82 Å². The molecule has 0 saturated carbocycles. The van der Waals surface area contributed by atoms with E-state index in [2.05, 4.69) is 4.74 Å². The van der Waals surface area contributed by atoms with Gasteiger partial charge in [0.15, 0.2) is 5.60 Å². The lowest BCUT2D eigenvalue weighted by atomic mass is 9.89. The summed E-state index contributed by atoms with van der Waals surface area (Å²) in [5.74, 6) is -6.57. The lowest BCUT2D eigenvalue weighted by Gasteiger charge is -2.30. The summed E-state index contributed by atoms with van der Waals surface area (Å²) in [5.41, 5.74) is -3.05. The largest absolute Gasteiger partial charge is 0.461 e. The highest BCUT2D eigenvalue weighted by Gasteiger charge is 2.57. The predicted molar refractivity (Wildman–Crippen MR) is 57.6 cm³/mol. The van der Waals surface area contributed by atoms with Crippen LogP contribution in [0.1, 0.15) is 19.4 Å². The van der Waals surface area contributed by atoms with E-state index >= 15 is 0 Å². The van der Waals surface area contributed by atoms with Crippen LogP contribution in [0.4, 0.5) is 13.2 Å². The average Bonchev–Trinajstić information content (AvgIpc) is 2.29. The van der Waals surface area contributed by atoms with Crippen molar-refractivity contribution in [2.45, 2.75) is 25.4 Å². The van der Waals surface area contributed by atoms with Crippen molar-refractivity contribution in [3.63, 3.8) is 0 Å². The maximum atomic E-state index is 13.8. The van der Waals surface area contributed by atoms with Crippen LogP contribution in [-0.2, 0) is 15.1 Å². The number of halogens is 3. The Labute approximate surface area is 102 Å². The summed E-state index contributed by atoms with van der Waals surface area (Å²) in [5, 5.41) is 9.83. The lowest BCUT2D eigenvalue weighted by molar-refractivity contribution is -0.212. The first-order valence-corrected chi connectivity index (χ1v) is 5.27. The molecule has 1 unspecified atom stereocenters. The summed E-state index contributed by atoms with van der Waals surface area (Å²) in [6, 6.07) is 3.82. The Morgan fingerprint density at radius 2 is 1.83 bits per heavy atom. The number of alkyl halides is 2. The minimum absolute atomic E-state index is 0.228. The molecule has 0 saturated heterocycles. The van der Waals surface area contributed by atoms with Crippen LogP contribution in [0.25, 0.3) is 0 Å². The van der Waals surface area contributed by atoms with Crippen LogP contribution in [0.3, 0.4) is 0 Å². The molecule has 0 bridgehead atoms. The van der Waals surface area contributed by atoms with Gasteiger partial charge in [0, 0.05) is 0 Å². The Kier molecular flexibility index (Phi) is 4.01. The van der Waals surface area contributed by atoms with Gasteiger partial charge >= 0.3 is 11.9 Å². The van der Waals surface area contributed by atoms with Gasteiger partial charge in [0.1, 0.15) is 5.82 Å². The van der Waals surface area contributed by atoms with Crippen molar-refractivity contribution >= 4 is 5.97 Å². The smallest absolute Gasteiger partial charge is 0.380 e. The van der Waals surface area contributed by atoms with E-state index in [9.17, 15) is 23.1 Å². The second-order valence-electron chi connectivity index (χ2n) is 3.87. The first-order chi connectivity index (χ1) is 8.23. The number of aliphatic hydroxyl groups is 1. The topological polar surface area (TPSA) is 46.5 Å². The lowest BCUT2D eigenvalue weighted by Crippen LogP contribution is -2.49. The molecule has 6 heteroatoms. The van der Waals surface area contributed by atoms with E-state index in [0.717, 1.165) is 31.2 Å². The molecule has 0 aliphatic carbocycles. The van der Waals surface area contributed by atoms with Crippen LogP contribution < -0.4 is 0 Å². The quantitative estimate of drug-likeness (QED) is 0.846. The van der Waals surface area contributed by atoms with E-state index in [1.807, 2.05) is 0 Å². The van der Waals surface area contributed by atoms with E-state index < -0.39 is 23.3 Å². The zero-order chi connectivity index (χ0) is 14.0. The first kappa shape index (κ1) is 14.5. The molecule has 1 aromatic carbocycles. The predicted octanol–water partition coefficient (Wildman–Crippen LogP) is 2.23. The molecule has 0 aromatic heterocycles. The van der Waals surface area contributed by atoms with Crippen molar-refractivity contribution in [3.8, 4) is 0 Å². The summed E-state index contributed by atoms with van der Waals surface area (Å²) >= 11 is 0. The minimum Gasteiger partial charge on any atom is -0.461 e. The first-order valence-electron chi connectivity index (χ1n) is 5.27. The zero-order valence-corrected chi connectivity index (χ0v) is 9.91. The Balaban J connectivity index is 3.11. The number of carbonyl (C=O) groups excluding carboxylic acids is 1. The number of carbonyl (C=O) groups is 1. The Morgan fingerprint density at radius 1 is 1.33 bits per heavy atom. The van der Waals surface area contributed by atoms with E-state index in [1.165, 1.54) is 6.92 Å². The second-order valence-corrected chi connectivity index (χ2v) is 3.87. The number of esters is 1. The Bertz CT molecular complexity index is 427. The van der Waals surface area contributed by atoms with E-state index in [0.29, 0.717) is 0 Å². The molecule has 1 atom stereocenters. The molecule has 0 radical (unpaired) electrons. The molecule has 0 heterocycles. The van der Waals surface area contributed by atoms with Crippen molar-refractivity contribution in [1.82, 2.24) is 0 Å². The fraction of sp³-hybridized carbons (Fsp3) is 0.417. The third kappa shape index (κ3) is 2.48. The molecule has 0 fully saturated rings. The maximum Gasteiger partial charge on any atom is 0.380 e. The SMILES string of the molecule is CCOC(=O)C(F)(F)C(C)(O)c1ccc(F)cc1.